The highest BCUT2D eigenvalue weighted by atomic mass is 32.1. The number of fused-ring (bicyclic) bond motifs is 4. The highest BCUT2D eigenvalue weighted by Crippen LogP contribution is 2.33. The van der Waals surface area contributed by atoms with Gasteiger partial charge in [0.15, 0.2) is 11.5 Å². The van der Waals surface area contributed by atoms with Gasteiger partial charge in [-0.1, -0.05) is 24.3 Å². The number of aromatic nitrogens is 1. The Bertz CT molecular complexity index is 1320. The average molecular weight is 406 g/mol. The summed E-state index contributed by atoms with van der Waals surface area (Å²) in [5.74, 6) is 1.20. The summed E-state index contributed by atoms with van der Waals surface area (Å²) in [5.41, 5.74) is 1.75. The van der Waals surface area contributed by atoms with Crippen LogP contribution in [0.3, 0.4) is 0 Å². The average Bonchev–Trinajstić information content (AvgIpc) is 3.39. The molecule has 0 saturated carbocycles. The predicted octanol–water partition coefficient (Wildman–Crippen LogP) is 3.89. The number of nitrogens with zero attached hydrogens (tertiary/aromatic N) is 1. The molecule has 4 aromatic rings. The molecule has 0 bridgehead atoms. The number of thiophene rings is 1. The zero-order chi connectivity index (χ0) is 20.0. The summed E-state index contributed by atoms with van der Waals surface area (Å²) in [6.45, 7) is 3.11. The van der Waals surface area contributed by atoms with Gasteiger partial charge in [-0.25, -0.2) is 0 Å². The maximum Gasteiger partial charge on any atom is 0.261 e. The zero-order valence-electron chi connectivity index (χ0n) is 15.7. The summed E-state index contributed by atoms with van der Waals surface area (Å²) in [6, 6.07) is 15.1. The number of amides is 1. The van der Waals surface area contributed by atoms with Gasteiger partial charge in [0.1, 0.15) is 0 Å². The van der Waals surface area contributed by atoms with Gasteiger partial charge in [-0.05, 0) is 36.8 Å². The summed E-state index contributed by atoms with van der Waals surface area (Å²) in [4.78, 5) is 26.2. The SMILES string of the molecule is CCn1c(=O)c2cc(C(=O)NCc3ccc4c(c3)OCO4)sc2c2ccccc21. The maximum absolute atomic E-state index is 12.9. The van der Waals surface area contributed by atoms with Crippen LogP contribution in [0, 0.1) is 0 Å². The van der Waals surface area contributed by atoms with Crippen molar-refractivity contribution in [1.82, 2.24) is 9.88 Å². The van der Waals surface area contributed by atoms with Crippen molar-refractivity contribution in [3.63, 3.8) is 0 Å². The van der Waals surface area contributed by atoms with Crippen molar-refractivity contribution in [3.05, 3.63) is 69.3 Å². The van der Waals surface area contributed by atoms with Gasteiger partial charge in [-0.15, -0.1) is 11.3 Å². The Hall–Kier alpha value is -3.32. The van der Waals surface area contributed by atoms with Crippen molar-refractivity contribution < 1.29 is 14.3 Å². The molecule has 1 aliphatic heterocycles. The highest BCUT2D eigenvalue weighted by Gasteiger charge is 2.17. The Balaban J connectivity index is 1.47. The minimum absolute atomic E-state index is 0.0627. The number of carbonyl (C=O) groups excluding carboxylic acids is 1. The molecule has 3 heterocycles. The molecule has 1 aliphatic rings. The summed E-state index contributed by atoms with van der Waals surface area (Å²) in [6.07, 6.45) is 0. The third kappa shape index (κ3) is 2.94. The number of pyridine rings is 1. The molecule has 0 spiro atoms. The van der Waals surface area contributed by atoms with E-state index in [1.54, 1.807) is 10.6 Å². The van der Waals surface area contributed by atoms with Crippen LogP contribution in [-0.2, 0) is 13.1 Å². The monoisotopic (exact) mass is 406 g/mol. The lowest BCUT2D eigenvalue weighted by Gasteiger charge is -2.08. The lowest BCUT2D eigenvalue weighted by Crippen LogP contribution is -2.22. The molecule has 29 heavy (non-hydrogen) atoms. The third-order valence-electron chi connectivity index (χ3n) is 5.08. The Labute approximate surface area is 170 Å². The third-order valence-corrected chi connectivity index (χ3v) is 6.24. The number of nitrogens with one attached hydrogen (secondary N) is 1. The number of rotatable bonds is 4. The van der Waals surface area contributed by atoms with Gasteiger partial charge in [0, 0.05) is 23.2 Å². The molecule has 0 radical (unpaired) electrons. The number of ether oxygens (including phenoxy) is 2. The van der Waals surface area contributed by atoms with E-state index in [1.807, 2.05) is 49.4 Å². The minimum Gasteiger partial charge on any atom is -0.454 e. The molecule has 7 heteroatoms. The van der Waals surface area contributed by atoms with E-state index in [4.69, 9.17) is 9.47 Å². The van der Waals surface area contributed by atoms with Crippen molar-refractivity contribution in [2.75, 3.05) is 6.79 Å². The predicted molar refractivity (Wildman–Crippen MR) is 113 cm³/mol. The van der Waals surface area contributed by atoms with Crippen molar-refractivity contribution >= 4 is 38.2 Å². The van der Waals surface area contributed by atoms with Gasteiger partial charge >= 0.3 is 0 Å². The van der Waals surface area contributed by atoms with Crippen LogP contribution >= 0.6 is 11.3 Å². The number of benzene rings is 2. The van der Waals surface area contributed by atoms with E-state index in [1.165, 1.54) is 11.3 Å². The van der Waals surface area contributed by atoms with E-state index in [2.05, 4.69) is 5.32 Å². The van der Waals surface area contributed by atoms with E-state index >= 15 is 0 Å². The molecule has 6 nitrogen and oxygen atoms in total. The first-order valence-electron chi connectivity index (χ1n) is 9.37. The second-order valence-electron chi connectivity index (χ2n) is 6.79. The van der Waals surface area contributed by atoms with Gasteiger partial charge in [0.05, 0.1) is 15.8 Å². The number of carbonyl (C=O) groups is 1. The topological polar surface area (TPSA) is 69.6 Å². The van der Waals surface area contributed by atoms with E-state index in [0.29, 0.717) is 34.9 Å². The van der Waals surface area contributed by atoms with Crippen molar-refractivity contribution in [1.29, 1.82) is 0 Å². The quantitative estimate of drug-likeness (QED) is 0.558. The Morgan fingerprint density at radius 2 is 1.93 bits per heavy atom. The summed E-state index contributed by atoms with van der Waals surface area (Å²) >= 11 is 1.35. The fraction of sp³-hybridized carbons (Fsp3) is 0.182. The molecular formula is C22H18N2O4S. The second kappa shape index (κ2) is 6.93. The Morgan fingerprint density at radius 3 is 2.79 bits per heavy atom. The van der Waals surface area contributed by atoms with Crippen molar-refractivity contribution in [2.45, 2.75) is 20.0 Å². The van der Waals surface area contributed by atoms with Gasteiger partial charge in [-0.2, -0.15) is 0 Å². The minimum atomic E-state index is -0.199. The van der Waals surface area contributed by atoms with Gasteiger partial charge in [0.2, 0.25) is 6.79 Å². The normalized spacial score (nSPS) is 12.6. The molecule has 2 aromatic carbocycles. The zero-order valence-corrected chi connectivity index (χ0v) is 16.5. The Kier molecular flexibility index (Phi) is 4.24. The number of aryl methyl sites for hydroxylation is 1. The molecule has 146 valence electrons. The molecule has 2 aromatic heterocycles. The first kappa shape index (κ1) is 17.8. The molecule has 1 N–H and O–H groups in total. The smallest absolute Gasteiger partial charge is 0.261 e. The van der Waals surface area contributed by atoms with Gasteiger partial charge < -0.3 is 19.4 Å². The van der Waals surface area contributed by atoms with Crippen LogP contribution in [0.25, 0.3) is 21.0 Å². The Morgan fingerprint density at radius 1 is 1.10 bits per heavy atom. The lowest BCUT2D eigenvalue weighted by molar-refractivity contribution is 0.0955. The highest BCUT2D eigenvalue weighted by molar-refractivity contribution is 7.21. The molecule has 0 saturated heterocycles. The van der Waals surface area contributed by atoms with E-state index in [9.17, 15) is 9.59 Å². The number of hydrogen-bond acceptors (Lipinski definition) is 5. The van der Waals surface area contributed by atoms with E-state index in [0.717, 1.165) is 21.2 Å². The summed E-state index contributed by atoms with van der Waals surface area (Å²) < 4.78 is 13.3. The number of hydrogen-bond donors (Lipinski definition) is 1. The fourth-order valence-corrected chi connectivity index (χ4v) is 4.75. The van der Waals surface area contributed by atoms with Crippen LogP contribution in [-0.4, -0.2) is 17.3 Å². The van der Waals surface area contributed by atoms with E-state index < -0.39 is 0 Å². The molecule has 0 unspecified atom stereocenters. The largest absolute Gasteiger partial charge is 0.454 e. The van der Waals surface area contributed by atoms with Crippen LogP contribution in [0.5, 0.6) is 11.5 Å². The molecule has 0 aliphatic carbocycles. The van der Waals surface area contributed by atoms with Crippen molar-refractivity contribution in [3.8, 4) is 11.5 Å². The molecular weight excluding hydrogens is 388 g/mol. The van der Waals surface area contributed by atoms with Gasteiger partial charge in [-0.3, -0.25) is 9.59 Å². The summed E-state index contributed by atoms with van der Waals surface area (Å²) in [7, 11) is 0. The molecule has 1 amide bonds. The second-order valence-corrected chi connectivity index (χ2v) is 7.84. The van der Waals surface area contributed by atoms with Crippen LogP contribution in [0.4, 0.5) is 0 Å². The van der Waals surface area contributed by atoms with Crippen LogP contribution < -0.4 is 20.3 Å². The van der Waals surface area contributed by atoms with Crippen molar-refractivity contribution in [2.24, 2.45) is 0 Å². The maximum atomic E-state index is 12.9. The standard InChI is InChI=1S/C22H18N2O4S/c1-2-24-16-6-4-3-5-14(16)20-15(22(24)26)10-19(29-20)21(25)23-11-13-7-8-17-18(9-13)28-12-27-17/h3-10H,2,11-12H2,1H3,(H,23,25). The first-order valence-corrected chi connectivity index (χ1v) is 10.2. The molecule has 0 fully saturated rings. The fourth-order valence-electron chi connectivity index (χ4n) is 3.65. The molecule has 5 rings (SSSR count). The van der Waals surface area contributed by atoms with E-state index in [-0.39, 0.29) is 18.3 Å². The summed E-state index contributed by atoms with van der Waals surface area (Å²) in [5, 5.41) is 4.51. The molecule has 0 atom stereocenters. The van der Waals surface area contributed by atoms with Gasteiger partial charge in [0.25, 0.3) is 11.5 Å². The van der Waals surface area contributed by atoms with Crippen LogP contribution in [0.1, 0.15) is 22.2 Å². The number of para-hydroxylation sites is 1. The van der Waals surface area contributed by atoms with Crippen LogP contribution in [0.15, 0.2) is 53.3 Å². The first-order chi connectivity index (χ1) is 14.2. The lowest BCUT2D eigenvalue weighted by atomic mass is 10.1. The van der Waals surface area contributed by atoms with Crippen LogP contribution in [0.2, 0.25) is 0 Å².